The molecule has 1 fully saturated rings. The zero-order chi connectivity index (χ0) is 15.6. The summed E-state index contributed by atoms with van der Waals surface area (Å²) in [5.41, 5.74) is 0.832. The van der Waals surface area contributed by atoms with Gasteiger partial charge in [0, 0.05) is 36.2 Å². The van der Waals surface area contributed by atoms with E-state index in [9.17, 15) is 12.8 Å². The van der Waals surface area contributed by atoms with Crippen molar-refractivity contribution in [2.75, 3.05) is 25.1 Å². The third kappa shape index (κ3) is 3.41. The van der Waals surface area contributed by atoms with Crippen molar-refractivity contribution in [1.29, 1.82) is 0 Å². The Labute approximate surface area is 130 Å². The minimum Gasteiger partial charge on any atom is -0.316 e. The van der Waals surface area contributed by atoms with Gasteiger partial charge in [-0.15, -0.1) is 0 Å². The lowest BCUT2D eigenvalue weighted by Gasteiger charge is -2.32. The van der Waals surface area contributed by atoms with Crippen LogP contribution in [0.3, 0.4) is 0 Å². The number of hydrogen-bond donors (Lipinski definition) is 1. The van der Waals surface area contributed by atoms with Crippen LogP contribution >= 0.6 is 11.8 Å². The lowest BCUT2D eigenvalue weighted by Crippen LogP contribution is -2.44. The third-order valence-corrected chi connectivity index (χ3v) is 6.96. The van der Waals surface area contributed by atoms with Crippen molar-refractivity contribution < 1.29 is 12.8 Å². The van der Waals surface area contributed by atoms with Crippen molar-refractivity contribution in [3.63, 3.8) is 0 Å². The van der Waals surface area contributed by atoms with Gasteiger partial charge in [-0.3, -0.25) is 0 Å². The summed E-state index contributed by atoms with van der Waals surface area (Å²) in [7, 11) is -1.91. The van der Waals surface area contributed by atoms with Crippen LogP contribution in [0, 0.1) is 12.7 Å². The summed E-state index contributed by atoms with van der Waals surface area (Å²) in [6, 6.07) is 2.91. The summed E-state index contributed by atoms with van der Waals surface area (Å²) in [4.78, 5) is 0.0894. The number of hydrogen-bond acceptors (Lipinski definition) is 4. The Kier molecular flexibility index (Phi) is 5.29. The Balaban J connectivity index is 2.48. The predicted molar refractivity (Wildman–Crippen MR) is 84.6 cm³/mol. The number of benzene rings is 1. The standard InChI is InChI=1S/C14H21FN2O2S2/c1-10-9-20-5-4-17(10)21(18,19)14-7-12(8-16-3)6-13(15)11(14)2/h6-7,10,16H,4-5,8-9H2,1-3H3. The lowest BCUT2D eigenvalue weighted by atomic mass is 10.1. The fraction of sp³-hybridized carbons (Fsp3) is 0.571. The van der Waals surface area contributed by atoms with Crippen LogP contribution in [0.5, 0.6) is 0 Å². The van der Waals surface area contributed by atoms with Crippen LogP contribution in [0.2, 0.25) is 0 Å². The molecule has 1 heterocycles. The van der Waals surface area contributed by atoms with Crippen LogP contribution in [0.4, 0.5) is 4.39 Å². The SMILES string of the molecule is CNCc1cc(F)c(C)c(S(=O)(=O)N2CCSCC2C)c1. The van der Waals surface area contributed by atoms with Gasteiger partial charge >= 0.3 is 0 Å². The number of thioether (sulfide) groups is 1. The second-order valence-corrected chi connectivity index (χ2v) is 8.28. The fourth-order valence-electron chi connectivity index (χ4n) is 2.48. The van der Waals surface area contributed by atoms with Gasteiger partial charge < -0.3 is 5.32 Å². The molecule has 0 aromatic heterocycles. The molecule has 0 saturated carbocycles. The molecule has 0 amide bonds. The molecule has 1 atom stereocenters. The van der Waals surface area contributed by atoms with Gasteiger partial charge in [-0.25, -0.2) is 12.8 Å². The third-order valence-electron chi connectivity index (χ3n) is 3.63. The molecule has 1 aliphatic rings. The van der Waals surface area contributed by atoms with Crippen LogP contribution < -0.4 is 5.32 Å². The minimum absolute atomic E-state index is 0.0656. The Morgan fingerprint density at radius 3 is 2.81 bits per heavy atom. The van der Waals surface area contributed by atoms with E-state index < -0.39 is 15.8 Å². The van der Waals surface area contributed by atoms with Crippen molar-refractivity contribution >= 4 is 21.8 Å². The monoisotopic (exact) mass is 332 g/mol. The summed E-state index contributed by atoms with van der Waals surface area (Å²) >= 11 is 1.75. The molecule has 21 heavy (non-hydrogen) atoms. The van der Waals surface area contributed by atoms with E-state index >= 15 is 0 Å². The minimum atomic E-state index is -3.65. The maximum absolute atomic E-state index is 14.0. The second-order valence-electron chi connectivity index (χ2n) is 5.27. The Morgan fingerprint density at radius 2 is 2.19 bits per heavy atom. The zero-order valence-electron chi connectivity index (χ0n) is 12.5. The van der Waals surface area contributed by atoms with Gasteiger partial charge in [0.2, 0.25) is 10.0 Å². The first kappa shape index (κ1) is 16.7. The molecular formula is C14H21FN2O2S2. The molecule has 1 aliphatic heterocycles. The van der Waals surface area contributed by atoms with E-state index in [1.54, 1.807) is 24.9 Å². The highest BCUT2D eigenvalue weighted by Crippen LogP contribution is 2.28. The molecule has 0 bridgehead atoms. The zero-order valence-corrected chi connectivity index (χ0v) is 14.2. The van der Waals surface area contributed by atoms with Crippen molar-refractivity contribution in [2.45, 2.75) is 31.3 Å². The molecule has 0 radical (unpaired) electrons. The van der Waals surface area contributed by atoms with E-state index in [-0.39, 0.29) is 16.5 Å². The summed E-state index contributed by atoms with van der Waals surface area (Å²) < 4.78 is 41.3. The number of nitrogens with zero attached hydrogens (tertiary/aromatic N) is 1. The average molecular weight is 332 g/mol. The Morgan fingerprint density at radius 1 is 1.48 bits per heavy atom. The number of halogens is 1. The van der Waals surface area contributed by atoms with Gasteiger partial charge in [0.25, 0.3) is 0 Å². The van der Waals surface area contributed by atoms with Crippen molar-refractivity contribution in [1.82, 2.24) is 9.62 Å². The summed E-state index contributed by atoms with van der Waals surface area (Å²) in [6.45, 7) is 4.33. The Bertz CT molecular complexity index is 620. The van der Waals surface area contributed by atoms with Gasteiger partial charge in [-0.05, 0) is 38.6 Å². The van der Waals surface area contributed by atoms with Crippen LogP contribution in [-0.2, 0) is 16.6 Å². The average Bonchev–Trinajstić information content (AvgIpc) is 2.43. The molecule has 7 heteroatoms. The van der Waals surface area contributed by atoms with E-state index in [2.05, 4.69) is 5.32 Å². The molecule has 0 spiro atoms. The fourth-order valence-corrected chi connectivity index (χ4v) is 5.62. The van der Waals surface area contributed by atoms with Gasteiger partial charge in [-0.2, -0.15) is 16.1 Å². The van der Waals surface area contributed by atoms with E-state index in [1.807, 2.05) is 6.92 Å². The molecule has 1 N–H and O–H groups in total. The normalized spacial score (nSPS) is 20.7. The first-order valence-corrected chi connectivity index (χ1v) is 9.50. The summed E-state index contributed by atoms with van der Waals surface area (Å²) in [5, 5.41) is 2.92. The molecule has 4 nitrogen and oxygen atoms in total. The van der Waals surface area contributed by atoms with Crippen molar-refractivity contribution in [3.05, 3.63) is 29.1 Å². The smallest absolute Gasteiger partial charge is 0.243 e. The van der Waals surface area contributed by atoms with E-state index in [1.165, 1.54) is 17.3 Å². The molecule has 1 aromatic carbocycles. The first-order chi connectivity index (χ1) is 9.87. The predicted octanol–water partition coefficient (Wildman–Crippen LogP) is 1.98. The number of rotatable bonds is 4. The molecule has 1 saturated heterocycles. The van der Waals surface area contributed by atoms with Gasteiger partial charge in [0.15, 0.2) is 0 Å². The summed E-state index contributed by atoms with van der Waals surface area (Å²) in [6.07, 6.45) is 0. The van der Waals surface area contributed by atoms with Crippen molar-refractivity contribution in [3.8, 4) is 0 Å². The number of sulfonamides is 1. The molecule has 118 valence electrons. The van der Waals surface area contributed by atoms with Crippen LogP contribution in [-0.4, -0.2) is 43.9 Å². The molecular weight excluding hydrogens is 311 g/mol. The van der Waals surface area contributed by atoms with Crippen LogP contribution in [0.25, 0.3) is 0 Å². The largest absolute Gasteiger partial charge is 0.316 e. The van der Waals surface area contributed by atoms with Gasteiger partial charge in [0.1, 0.15) is 5.82 Å². The highest BCUT2D eigenvalue weighted by Gasteiger charge is 2.33. The second kappa shape index (κ2) is 6.64. The molecule has 1 unspecified atom stereocenters. The van der Waals surface area contributed by atoms with Gasteiger partial charge in [-0.1, -0.05) is 0 Å². The topological polar surface area (TPSA) is 49.4 Å². The van der Waals surface area contributed by atoms with Crippen LogP contribution in [0.1, 0.15) is 18.1 Å². The first-order valence-electron chi connectivity index (χ1n) is 6.91. The highest BCUT2D eigenvalue weighted by molar-refractivity contribution is 7.99. The summed E-state index contributed by atoms with van der Waals surface area (Å²) in [5.74, 6) is 1.08. The Hall–Kier alpha value is -0.630. The maximum Gasteiger partial charge on any atom is 0.243 e. The van der Waals surface area contributed by atoms with E-state index in [4.69, 9.17) is 0 Å². The van der Waals surface area contributed by atoms with Gasteiger partial charge in [0.05, 0.1) is 4.90 Å². The van der Waals surface area contributed by atoms with E-state index in [0.717, 1.165) is 11.5 Å². The lowest BCUT2D eigenvalue weighted by molar-refractivity contribution is 0.367. The van der Waals surface area contributed by atoms with E-state index in [0.29, 0.717) is 18.7 Å². The van der Waals surface area contributed by atoms with Crippen LogP contribution in [0.15, 0.2) is 17.0 Å². The van der Waals surface area contributed by atoms with Crippen molar-refractivity contribution in [2.24, 2.45) is 0 Å². The highest BCUT2D eigenvalue weighted by atomic mass is 32.2. The number of nitrogens with one attached hydrogen (secondary N) is 1. The quantitative estimate of drug-likeness (QED) is 0.916. The molecule has 0 aliphatic carbocycles. The molecule has 2 rings (SSSR count). The maximum atomic E-state index is 14.0. The molecule has 1 aromatic rings.